The molecule has 0 atom stereocenters. The van der Waals surface area contributed by atoms with Gasteiger partial charge in [0.1, 0.15) is 11.4 Å². The zero-order valence-corrected chi connectivity index (χ0v) is 16.1. The van der Waals surface area contributed by atoms with Crippen LogP contribution in [0.15, 0.2) is 30.5 Å². The lowest BCUT2D eigenvalue weighted by Crippen LogP contribution is -2.33. The SMILES string of the molecule is COc1cc(F)c(-c2cccnc2CCNC(=O)OC(C)(C)C)cc1[N+](=O)[O-]. The summed E-state index contributed by atoms with van der Waals surface area (Å²) in [6, 6.07) is 5.32. The molecule has 1 heterocycles. The number of nitro benzene ring substituents is 1. The number of halogens is 1. The number of rotatable bonds is 6. The monoisotopic (exact) mass is 391 g/mol. The molecule has 0 unspecified atom stereocenters. The first-order chi connectivity index (χ1) is 13.1. The lowest BCUT2D eigenvalue weighted by atomic mass is 10.0. The van der Waals surface area contributed by atoms with E-state index in [-0.39, 0.29) is 30.0 Å². The largest absolute Gasteiger partial charge is 0.490 e. The molecule has 0 aliphatic rings. The smallest absolute Gasteiger partial charge is 0.407 e. The number of ether oxygens (including phenoxy) is 2. The summed E-state index contributed by atoms with van der Waals surface area (Å²) in [7, 11) is 1.24. The normalized spacial score (nSPS) is 11.0. The maximum atomic E-state index is 14.6. The van der Waals surface area contributed by atoms with Crippen molar-refractivity contribution < 1.29 is 23.6 Å². The van der Waals surface area contributed by atoms with Crippen LogP contribution in [0.2, 0.25) is 0 Å². The van der Waals surface area contributed by atoms with Crippen molar-refractivity contribution in [3.63, 3.8) is 0 Å². The first-order valence-corrected chi connectivity index (χ1v) is 8.55. The molecule has 0 bridgehead atoms. The molecule has 0 saturated carbocycles. The van der Waals surface area contributed by atoms with Gasteiger partial charge in [0.2, 0.25) is 0 Å². The summed E-state index contributed by atoms with van der Waals surface area (Å²) in [4.78, 5) is 26.6. The number of carbonyl (C=O) groups excluding carboxylic acids is 1. The van der Waals surface area contributed by atoms with Gasteiger partial charge in [0.15, 0.2) is 5.75 Å². The van der Waals surface area contributed by atoms with Crippen LogP contribution in [0.5, 0.6) is 5.75 Å². The van der Waals surface area contributed by atoms with E-state index in [1.54, 1.807) is 32.9 Å². The minimum Gasteiger partial charge on any atom is -0.490 e. The van der Waals surface area contributed by atoms with Gasteiger partial charge in [-0.05, 0) is 26.8 Å². The van der Waals surface area contributed by atoms with Crippen molar-refractivity contribution in [2.75, 3.05) is 13.7 Å². The number of benzene rings is 1. The molecule has 0 aliphatic heterocycles. The quantitative estimate of drug-likeness (QED) is 0.592. The van der Waals surface area contributed by atoms with Crippen LogP contribution in [0.4, 0.5) is 14.9 Å². The molecule has 0 radical (unpaired) electrons. The molecule has 1 aromatic carbocycles. The van der Waals surface area contributed by atoms with Crippen molar-refractivity contribution in [2.24, 2.45) is 0 Å². The van der Waals surface area contributed by atoms with Crippen LogP contribution in [0.3, 0.4) is 0 Å². The third-order valence-electron chi connectivity index (χ3n) is 3.68. The van der Waals surface area contributed by atoms with Crippen molar-refractivity contribution in [3.8, 4) is 16.9 Å². The molecule has 2 aromatic rings. The average molecular weight is 391 g/mol. The van der Waals surface area contributed by atoms with Crippen LogP contribution in [0.25, 0.3) is 11.1 Å². The Balaban J connectivity index is 2.26. The summed E-state index contributed by atoms with van der Waals surface area (Å²) in [6.45, 7) is 5.47. The van der Waals surface area contributed by atoms with Crippen LogP contribution in [-0.2, 0) is 11.2 Å². The summed E-state index contributed by atoms with van der Waals surface area (Å²) in [5.41, 5.74) is -0.0482. The van der Waals surface area contributed by atoms with Crippen LogP contribution in [0.1, 0.15) is 26.5 Å². The highest BCUT2D eigenvalue weighted by atomic mass is 19.1. The summed E-state index contributed by atoms with van der Waals surface area (Å²) in [5, 5.41) is 13.9. The standard InChI is InChI=1S/C19H22FN3O5/c1-19(2,3)28-18(24)22-9-7-15-12(6-5-8-21-15)13-10-16(23(25)26)17(27-4)11-14(13)20/h5-6,8,10-11H,7,9H2,1-4H3,(H,22,24). The van der Waals surface area contributed by atoms with E-state index in [1.165, 1.54) is 13.3 Å². The third kappa shape index (κ3) is 5.38. The molecule has 0 spiro atoms. The van der Waals surface area contributed by atoms with E-state index in [0.29, 0.717) is 11.3 Å². The van der Waals surface area contributed by atoms with Crippen molar-refractivity contribution in [1.82, 2.24) is 10.3 Å². The van der Waals surface area contributed by atoms with Gasteiger partial charge >= 0.3 is 11.8 Å². The van der Waals surface area contributed by atoms with Gasteiger partial charge in [-0.15, -0.1) is 0 Å². The molecule has 1 N–H and O–H groups in total. The highest BCUT2D eigenvalue weighted by Gasteiger charge is 2.22. The van der Waals surface area contributed by atoms with Gasteiger partial charge in [-0.1, -0.05) is 6.07 Å². The van der Waals surface area contributed by atoms with E-state index in [0.717, 1.165) is 12.1 Å². The summed E-state index contributed by atoms with van der Waals surface area (Å²) >= 11 is 0. The van der Waals surface area contributed by atoms with Gasteiger partial charge in [0.25, 0.3) is 0 Å². The van der Waals surface area contributed by atoms with Gasteiger partial charge in [0.05, 0.1) is 17.7 Å². The van der Waals surface area contributed by atoms with Crippen LogP contribution < -0.4 is 10.1 Å². The molecule has 28 heavy (non-hydrogen) atoms. The first-order valence-electron chi connectivity index (χ1n) is 8.55. The molecule has 1 aromatic heterocycles. The number of nitro groups is 1. The van der Waals surface area contributed by atoms with Crippen molar-refractivity contribution in [2.45, 2.75) is 32.8 Å². The molecule has 0 aliphatic carbocycles. The average Bonchev–Trinajstić information content (AvgIpc) is 2.60. The highest BCUT2D eigenvalue weighted by molar-refractivity contribution is 5.71. The maximum Gasteiger partial charge on any atom is 0.407 e. The van der Waals surface area contributed by atoms with E-state index in [1.807, 2.05) is 0 Å². The van der Waals surface area contributed by atoms with Crippen LogP contribution >= 0.6 is 0 Å². The molecule has 1 amide bonds. The highest BCUT2D eigenvalue weighted by Crippen LogP contribution is 2.35. The Morgan fingerprint density at radius 3 is 2.64 bits per heavy atom. The van der Waals surface area contributed by atoms with Crippen molar-refractivity contribution in [1.29, 1.82) is 0 Å². The number of methoxy groups -OCH3 is 1. The number of hydrogen-bond acceptors (Lipinski definition) is 6. The van der Waals surface area contributed by atoms with Gasteiger partial charge in [-0.25, -0.2) is 9.18 Å². The minimum atomic E-state index is -0.670. The number of carbonyl (C=O) groups is 1. The zero-order valence-electron chi connectivity index (χ0n) is 16.1. The second-order valence-electron chi connectivity index (χ2n) is 6.94. The van der Waals surface area contributed by atoms with E-state index in [4.69, 9.17) is 9.47 Å². The van der Waals surface area contributed by atoms with Gasteiger partial charge in [-0.3, -0.25) is 15.1 Å². The molecule has 150 valence electrons. The Bertz CT molecular complexity index is 880. The second kappa shape index (κ2) is 8.64. The van der Waals surface area contributed by atoms with E-state index < -0.39 is 22.4 Å². The predicted octanol–water partition coefficient (Wildman–Crippen LogP) is 3.87. The first kappa shape index (κ1) is 21.1. The molecular weight excluding hydrogens is 369 g/mol. The Morgan fingerprint density at radius 1 is 1.32 bits per heavy atom. The topological polar surface area (TPSA) is 104 Å². The molecule has 0 fully saturated rings. The van der Waals surface area contributed by atoms with Gasteiger partial charge < -0.3 is 14.8 Å². The van der Waals surface area contributed by atoms with E-state index >= 15 is 0 Å². The van der Waals surface area contributed by atoms with Gasteiger partial charge in [-0.2, -0.15) is 0 Å². The molecule has 8 nitrogen and oxygen atoms in total. The maximum absolute atomic E-state index is 14.6. The molecule has 0 saturated heterocycles. The number of nitrogens with one attached hydrogen (secondary N) is 1. The number of hydrogen-bond donors (Lipinski definition) is 1. The number of amides is 1. The number of nitrogens with zero attached hydrogens (tertiary/aromatic N) is 2. The Hall–Kier alpha value is -3.23. The zero-order chi connectivity index (χ0) is 20.9. The molecule has 9 heteroatoms. The van der Waals surface area contributed by atoms with Crippen LogP contribution in [-0.4, -0.2) is 35.3 Å². The fourth-order valence-corrected chi connectivity index (χ4v) is 2.54. The Morgan fingerprint density at radius 2 is 2.04 bits per heavy atom. The van der Waals surface area contributed by atoms with E-state index in [9.17, 15) is 19.3 Å². The second-order valence-corrected chi connectivity index (χ2v) is 6.94. The van der Waals surface area contributed by atoms with Gasteiger partial charge in [0, 0.05) is 42.4 Å². The summed E-state index contributed by atoms with van der Waals surface area (Å²) < 4.78 is 24.6. The lowest BCUT2D eigenvalue weighted by molar-refractivity contribution is -0.385. The minimum absolute atomic E-state index is 0.0351. The Labute approximate surface area is 161 Å². The Kier molecular flexibility index (Phi) is 6.50. The lowest BCUT2D eigenvalue weighted by Gasteiger charge is -2.19. The number of pyridine rings is 1. The van der Waals surface area contributed by atoms with Crippen LogP contribution in [0, 0.1) is 15.9 Å². The predicted molar refractivity (Wildman–Crippen MR) is 101 cm³/mol. The van der Waals surface area contributed by atoms with Crippen molar-refractivity contribution in [3.05, 3.63) is 52.1 Å². The fourth-order valence-electron chi connectivity index (χ4n) is 2.54. The number of aromatic nitrogens is 1. The summed E-state index contributed by atoms with van der Waals surface area (Å²) in [5.74, 6) is -0.833. The number of alkyl carbamates (subject to hydrolysis) is 1. The molecule has 2 rings (SSSR count). The fraction of sp³-hybridized carbons (Fsp3) is 0.368. The molecular formula is C19H22FN3O5. The van der Waals surface area contributed by atoms with E-state index in [2.05, 4.69) is 10.3 Å². The van der Waals surface area contributed by atoms with Crippen molar-refractivity contribution >= 4 is 11.8 Å². The third-order valence-corrected chi connectivity index (χ3v) is 3.68. The summed E-state index contributed by atoms with van der Waals surface area (Å²) in [6.07, 6.45) is 1.24.